The summed E-state index contributed by atoms with van der Waals surface area (Å²) >= 11 is 0. The van der Waals surface area contributed by atoms with Crippen LogP contribution >= 0.6 is 0 Å². The third-order valence-corrected chi connectivity index (χ3v) is 2.83. The average Bonchev–Trinajstić information content (AvgIpc) is 2.40. The maximum absolute atomic E-state index is 11.8. The van der Waals surface area contributed by atoms with Gasteiger partial charge in [0.1, 0.15) is 0 Å². The molecule has 20 heavy (non-hydrogen) atoms. The first-order valence-corrected chi connectivity index (χ1v) is 5.83. The van der Waals surface area contributed by atoms with Crippen LogP contribution in [0.1, 0.15) is 15.9 Å². The Morgan fingerprint density at radius 3 is 2.40 bits per heavy atom. The minimum Gasteiger partial charge on any atom is -0.493 e. The van der Waals surface area contributed by atoms with E-state index in [4.69, 9.17) is 0 Å². The summed E-state index contributed by atoms with van der Waals surface area (Å²) in [5, 5.41) is 12.3. The van der Waals surface area contributed by atoms with Crippen LogP contribution in [0.2, 0.25) is 0 Å². The molecule has 0 saturated carbocycles. The van der Waals surface area contributed by atoms with E-state index in [2.05, 4.69) is 5.32 Å². The Labute approximate surface area is 113 Å². The molecule has 1 heterocycles. The molecule has 1 aromatic carbocycles. The Bertz CT molecular complexity index is 772. The number of aryl methyl sites for hydroxylation is 1. The number of hydrogen-bond acceptors (Lipinski definition) is 4. The second-order valence-corrected chi connectivity index (χ2v) is 4.21. The van der Waals surface area contributed by atoms with Gasteiger partial charge < -0.3 is 10.4 Å². The van der Waals surface area contributed by atoms with Crippen LogP contribution in [0, 0.1) is 6.92 Å². The van der Waals surface area contributed by atoms with Gasteiger partial charge in [0.25, 0.3) is 11.5 Å². The minimum absolute atomic E-state index is 0.347. The first-order chi connectivity index (χ1) is 9.45. The van der Waals surface area contributed by atoms with Crippen LogP contribution in [0.4, 0.5) is 0 Å². The molecule has 0 aliphatic heterocycles. The van der Waals surface area contributed by atoms with Gasteiger partial charge in [-0.15, -0.1) is 0 Å². The molecule has 7 nitrogen and oxygen atoms in total. The number of rotatable bonds is 2. The number of aromatic hydroxyl groups is 1. The van der Waals surface area contributed by atoms with Crippen molar-refractivity contribution < 1.29 is 9.90 Å². The Hall–Kier alpha value is -2.83. The maximum Gasteiger partial charge on any atom is 0.335 e. The number of benzene rings is 1. The first kappa shape index (κ1) is 13.6. The zero-order chi connectivity index (χ0) is 14.9. The summed E-state index contributed by atoms with van der Waals surface area (Å²) in [5.74, 6) is -1.47. The highest BCUT2D eigenvalue weighted by Crippen LogP contribution is 2.16. The molecular formula is C13H13N3O4. The van der Waals surface area contributed by atoms with E-state index < -0.39 is 28.6 Å². The molecule has 0 spiro atoms. The smallest absolute Gasteiger partial charge is 0.335 e. The summed E-state index contributed by atoms with van der Waals surface area (Å²) in [4.78, 5) is 37.0. The van der Waals surface area contributed by atoms with Crippen LogP contribution < -0.4 is 16.6 Å². The highest BCUT2D eigenvalue weighted by Gasteiger charge is 2.20. The molecule has 1 aromatic heterocycles. The maximum atomic E-state index is 11.8. The van der Waals surface area contributed by atoms with Crippen molar-refractivity contribution in [3.05, 3.63) is 56.2 Å². The number of nitrogens with zero attached hydrogens (tertiary/aromatic N) is 1. The lowest BCUT2D eigenvalue weighted by atomic mass is 10.2. The fourth-order valence-corrected chi connectivity index (χ4v) is 1.79. The number of hydrogen-bond donors (Lipinski definition) is 3. The largest absolute Gasteiger partial charge is 0.493 e. The lowest BCUT2D eigenvalue weighted by Crippen LogP contribution is -2.35. The van der Waals surface area contributed by atoms with Gasteiger partial charge in [-0.3, -0.25) is 14.6 Å². The van der Waals surface area contributed by atoms with Gasteiger partial charge in [-0.05, 0) is 19.1 Å². The van der Waals surface area contributed by atoms with Crippen molar-refractivity contribution in [3.8, 4) is 11.6 Å². The summed E-state index contributed by atoms with van der Waals surface area (Å²) in [7, 11) is 1.32. The molecule has 0 fully saturated rings. The van der Waals surface area contributed by atoms with Crippen LogP contribution in [0.3, 0.4) is 0 Å². The number of H-pyrrole nitrogens is 1. The van der Waals surface area contributed by atoms with Crippen LogP contribution in [-0.2, 0) is 0 Å². The predicted octanol–water partition coefficient (Wildman–Crippen LogP) is -0.101. The van der Waals surface area contributed by atoms with Gasteiger partial charge in [-0.2, -0.15) is 0 Å². The van der Waals surface area contributed by atoms with E-state index in [1.807, 2.05) is 11.9 Å². The van der Waals surface area contributed by atoms with Crippen molar-refractivity contribution in [2.75, 3.05) is 7.05 Å². The molecular weight excluding hydrogens is 262 g/mol. The van der Waals surface area contributed by atoms with E-state index in [0.29, 0.717) is 5.69 Å². The highest BCUT2D eigenvalue weighted by molar-refractivity contribution is 5.95. The SMILES string of the molecule is CNC(=O)c1c(O)n(-c2ccc(C)cc2)c(=O)[nH]c1=O. The molecule has 0 unspecified atom stereocenters. The standard InChI is InChI=1S/C13H13N3O4/c1-7-3-5-8(6-4-7)16-12(19)9(10(17)14-2)11(18)15-13(16)20/h3-6,19H,1-2H3,(H,14,17)(H,15,18,20). The molecule has 0 bridgehead atoms. The monoisotopic (exact) mass is 275 g/mol. The fourth-order valence-electron chi connectivity index (χ4n) is 1.79. The van der Waals surface area contributed by atoms with Crippen molar-refractivity contribution in [2.45, 2.75) is 6.92 Å². The highest BCUT2D eigenvalue weighted by atomic mass is 16.3. The van der Waals surface area contributed by atoms with E-state index in [9.17, 15) is 19.5 Å². The zero-order valence-electron chi connectivity index (χ0n) is 10.9. The van der Waals surface area contributed by atoms with Gasteiger partial charge >= 0.3 is 5.69 Å². The van der Waals surface area contributed by atoms with Crippen LogP contribution in [0.25, 0.3) is 5.69 Å². The van der Waals surface area contributed by atoms with E-state index in [1.54, 1.807) is 24.3 Å². The number of aromatic amines is 1. The van der Waals surface area contributed by atoms with Crippen molar-refractivity contribution in [1.82, 2.24) is 14.9 Å². The molecule has 7 heteroatoms. The number of nitrogens with one attached hydrogen (secondary N) is 2. The molecule has 2 rings (SSSR count). The van der Waals surface area contributed by atoms with E-state index in [-0.39, 0.29) is 0 Å². The number of carbonyl (C=O) groups excluding carboxylic acids is 1. The van der Waals surface area contributed by atoms with E-state index in [1.165, 1.54) is 7.05 Å². The number of aromatic nitrogens is 2. The van der Waals surface area contributed by atoms with Crippen LogP contribution in [0.5, 0.6) is 5.88 Å². The van der Waals surface area contributed by atoms with Gasteiger partial charge in [-0.1, -0.05) is 17.7 Å². The Kier molecular flexibility index (Phi) is 3.43. The summed E-state index contributed by atoms with van der Waals surface area (Å²) in [6, 6.07) is 6.68. The van der Waals surface area contributed by atoms with Gasteiger partial charge in [0.2, 0.25) is 5.88 Å². The van der Waals surface area contributed by atoms with E-state index in [0.717, 1.165) is 10.1 Å². The van der Waals surface area contributed by atoms with Crippen molar-refractivity contribution >= 4 is 5.91 Å². The summed E-state index contributed by atoms with van der Waals surface area (Å²) in [6.07, 6.45) is 0. The third kappa shape index (κ3) is 2.20. The second-order valence-electron chi connectivity index (χ2n) is 4.21. The molecule has 0 atom stereocenters. The summed E-state index contributed by atoms with van der Waals surface area (Å²) in [5.41, 5.74) is -0.941. The zero-order valence-corrected chi connectivity index (χ0v) is 10.9. The molecule has 104 valence electrons. The van der Waals surface area contributed by atoms with Gasteiger partial charge in [0.15, 0.2) is 5.56 Å². The minimum atomic E-state index is -0.935. The van der Waals surface area contributed by atoms with E-state index >= 15 is 0 Å². The lowest BCUT2D eigenvalue weighted by Gasteiger charge is -2.10. The molecule has 0 aliphatic rings. The summed E-state index contributed by atoms with van der Waals surface area (Å²) < 4.78 is 0.866. The third-order valence-electron chi connectivity index (χ3n) is 2.83. The van der Waals surface area contributed by atoms with Crippen LogP contribution in [-0.4, -0.2) is 27.6 Å². The second kappa shape index (κ2) is 5.04. The number of carbonyl (C=O) groups is 1. The molecule has 2 aromatic rings. The Balaban J connectivity index is 2.77. The topological polar surface area (TPSA) is 104 Å². The molecule has 0 aliphatic carbocycles. The molecule has 3 N–H and O–H groups in total. The number of amides is 1. The summed E-state index contributed by atoms with van der Waals surface area (Å²) in [6.45, 7) is 1.87. The normalized spacial score (nSPS) is 10.3. The van der Waals surface area contributed by atoms with Gasteiger partial charge in [-0.25, -0.2) is 9.36 Å². The lowest BCUT2D eigenvalue weighted by molar-refractivity contribution is 0.0957. The quantitative estimate of drug-likeness (QED) is 0.711. The fraction of sp³-hybridized carbons (Fsp3) is 0.154. The van der Waals surface area contributed by atoms with Crippen molar-refractivity contribution in [3.63, 3.8) is 0 Å². The van der Waals surface area contributed by atoms with Crippen LogP contribution in [0.15, 0.2) is 33.9 Å². The first-order valence-electron chi connectivity index (χ1n) is 5.83. The van der Waals surface area contributed by atoms with Crippen molar-refractivity contribution in [2.24, 2.45) is 0 Å². The Morgan fingerprint density at radius 2 is 1.85 bits per heavy atom. The van der Waals surface area contributed by atoms with Gasteiger partial charge in [0, 0.05) is 7.05 Å². The molecule has 1 amide bonds. The Morgan fingerprint density at radius 1 is 1.25 bits per heavy atom. The van der Waals surface area contributed by atoms with Gasteiger partial charge in [0.05, 0.1) is 5.69 Å². The molecule has 0 saturated heterocycles. The average molecular weight is 275 g/mol. The predicted molar refractivity (Wildman–Crippen MR) is 72.5 cm³/mol. The van der Waals surface area contributed by atoms with Crippen molar-refractivity contribution in [1.29, 1.82) is 0 Å². The molecule has 0 radical (unpaired) electrons.